The molecule has 0 unspecified atom stereocenters. The standard InChI is InChI=1S/C18H16BrFN4O2S/c1-24-17(11-3-6-13(26-2)7-4-11)22-23-18(24)27-10-16(25)21-15-8-5-12(19)9-14(15)20/h3-9H,10H2,1-2H3,(H,21,25). The minimum Gasteiger partial charge on any atom is -0.497 e. The largest absolute Gasteiger partial charge is 0.497 e. The quantitative estimate of drug-likeness (QED) is 0.571. The van der Waals surface area contributed by atoms with Crippen molar-refractivity contribution in [1.82, 2.24) is 14.8 Å². The van der Waals surface area contributed by atoms with E-state index in [1.807, 2.05) is 31.3 Å². The molecular formula is C18H16BrFN4O2S. The van der Waals surface area contributed by atoms with Crippen molar-refractivity contribution in [3.05, 3.63) is 52.8 Å². The van der Waals surface area contributed by atoms with Gasteiger partial charge in [-0.15, -0.1) is 10.2 Å². The number of nitrogens with one attached hydrogen (secondary N) is 1. The van der Waals surface area contributed by atoms with Crippen LogP contribution in [0.25, 0.3) is 11.4 Å². The Balaban J connectivity index is 1.64. The number of rotatable bonds is 6. The van der Waals surface area contributed by atoms with Crippen LogP contribution in [-0.4, -0.2) is 33.5 Å². The van der Waals surface area contributed by atoms with E-state index in [9.17, 15) is 9.18 Å². The average molecular weight is 451 g/mol. The van der Waals surface area contributed by atoms with Crippen LogP contribution in [0.5, 0.6) is 5.75 Å². The lowest BCUT2D eigenvalue weighted by atomic mass is 10.2. The Labute approximate surface area is 168 Å². The summed E-state index contributed by atoms with van der Waals surface area (Å²) >= 11 is 4.41. The number of hydrogen-bond acceptors (Lipinski definition) is 5. The third-order valence-corrected chi connectivity index (χ3v) is 5.23. The highest BCUT2D eigenvalue weighted by atomic mass is 79.9. The molecular weight excluding hydrogens is 435 g/mol. The number of aromatic nitrogens is 3. The minimum absolute atomic E-state index is 0.0874. The maximum absolute atomic E-state index is 13.8. The van der Waals surface area contributed by atoms with Crippen molar-refractivity contribution >= 4 is 39.3 Å². The van der Waals surface area contributed by atoms with E-state index in [0.29, 0.717) is 15.5 Å². The maximum Gasteiger partial charge on any atom is 0.234 e. The molecule has 0 spiro atoms. The summed E-state index contributed by atoms with van der Waals surface area (Å²) in [4.78, 5) is 12.1. The monoisotopic (exact) mass is 450 g/mol. The minimum atomic E-state index is -0.497. The third-order valence-electron chi connectivity index (χ3n) is 3.72. The molecule has 1 amide bonds. The highest BCUT2D eigenvalue weighted by Crippen LogP contribution is 2.25. The molecule has 0 saturated heterocycles. The smallest absolute Gasteiger partial charge is 0.234 e. The SMILES string of the molecule is COc1ccc(-c2nnc(SCC(=O)Nc3ccc(Br)cc3F)n2C)cc1. The van der Waals surface area contributed by atoms with Gasteiger partial charge in [-0.1, -0.05) is 27.7 Å². The molecule has 0 radical (unpaired) electrons. The van der Waals surface area contributed by atoms with E-state index in [0.717, 1.165) is 11.3 Å². The summed E-state index contributed by atoms with van der Waals surface area (Å²) < 4.78 is 21.4. The summed E-state index contributed by atoms with van der Waals surface area (Å²) in [6.45, 7) is 0. The molecule has 0 aliphatic rings. The number of hydrogen-bond donors (Lipinski definition) is 1. The second-order valence-electron chi connectivity index (χ2n) is 5.55. The predicted molar refractivity (Wildman–Crippen MR) is 106 cm³/mol. The van der Waals surface area contributed by atoms with Gasteiger partial charge in [0.05, 0.1) is 18.6 Å². The van der Waals surface area contributed by atoms with Gasteiger partial charge in [-0.2, -0.15) is 0 Å². The Hall–Kier alpha value is -2.39. The Morgan fingerprint density at radius 2 is 2.00 bits per heavy atom. The van der Waals surface area contributed by atoms with Crippen molar-refractivity contribution in [2.24, 2.45) is 7.05 Å². The molecule has 0 aliphatic heterocycles. The summed E-state index contributed by atoms with van der Waals surface area (Å²) in [7, 11) is 3.44. The van der Waals surface area contributed by atoms with Gasteiger partial charge in [0.1, 0.15) is 11.6 Å². The molecule has 2 aromatic carbocycles. The molecule has 0 saturated carbocycles. The van der Waals surface area contributed by atoms with Gasteiger partial charge in [0.15, 0.2) is 11.0 Å². The fourth-order valence-corrected chi connectivity index (χ4v) is 3.38. The van der Waals surface area contributed by atoms with Gasteiger partial charge in [-0.3, -0.25) is 4.79 Å². The lowest BCUT2D eigenvalue weighted by Crippen LogP contribution is -2.15. The van der Waals surface area contributed by atoms with E-state index in [1.54, 1.807) is 17.7 Å². The number of methoxy groups -OCH3 is 1. The van der Waals surface area contributed by atoms with E-state index >= 15 is 0 Å². The number of thioether (sulfide) groups is 1. The molecule has 3 aromatic rings. The number of benzene rings is 2. The molecule has 0 fully saturated rings. The summed E-state index contributed by atoms with van der Waals surface area (Å²) in [5.74, 6) is 0.703. The van der Waals surface area contributed by atoms with Crippen LogP contribution in [0.2, 0.25) is 0 Å². The fourth-order valence-electron chi connectivity index (χ4n) is 2.34. The molecule has 9 heteroatoms. The van der Waals surface area contributed by atoms with Crippen LogP contribution >= 0.6 is 27.7 Å². The van der Waals surface area contributed by atoms with Gasteiger partial charge in [0.25, 0.3) is 0 Å². The first-order valence-electron chi connectivity index (χ1n) is 7.89. The maximum atomic E-state index is 13.8. The van der Waals surface area contributed by atoms with Gasteiger partial charge in [-0.25, -0.2) is 4.39 Å². The fraction of sp³-hybridized carbons (Fsp3) is 0.167. The summed E-state index contributed by atoms with van der Waals surface area (Å²) in [5.41, 5.74) is 1.03. The first kappa shape index (κ1) is 19.4. The van der Waals surface area contributed by atoms with Crippen LogP contribution in [0.1, 0.15) is 0 Å². The second kappa shape index (κ2) is 8.53. The lowest BCUT2D eigenvalue weighted by Gasteiger charge is -2.07. The van der Waals surface area contributed by atoms with Crippen molar-refractivity contribution < 1.29 is 13.9 Å². The van der Waals surface area contributed by atoms with Crippen molar-refractivity contribution in [3.63, 3.8) is 0 Å². The van der Waals surface area contributed by atoms with E-state index in [4.69, 9.17) is 4.74 Å². The summed E-state index contributed by atoms with van der Waals surface area (Å²) in [5, 5.41) is 11.5. The number of ether oxygens (including phenoxy) is 1. The van der Waals surface area contributed by atoms with E-state index < -0.39 is 5.82 Å². The molecule has 1 heterocycles. The topological polar surface area (TPSA) is 69.0 Å². The third kappa shape index (κ3) is 4.67. The molecule has 0 bridgehead atoms. The van der Waals surface area contributed by atoms with E-state index in [2.05, 4.69) is 31.4 Å². The molecule has 27 heavy (non-hydrogen) atoms. The van der Waals surface area contributed by atoms with E-state index in [1.165, 1.54) is 23.9 Å². The number of halogens is 2. The zero-order chi connectivity index (χ0) is 19.4. The van der Waals surface area contributed by atoms with Crippen LogP contribution in [0.4, 0.5) is 10.1 Å². The molecule has 140 valence electrons. The number of anilines is 1. The van der Waals surface area contributed by atoms with Crippen LogP contribution in [-0.2, 0) is 11.8 Å². The zero-order valence-electron chi connectivity index (χ0n) is 14.6. The molecule has 1 N–H and O–H groups in total. The first-order chi connectivity index (χ1) is 13.0. The highest BCUT2D eigenvalue weighted by molar-refractivity contribution is 9.10. The Morgan fingerprint density at radius 1 is 1.26 bits per heavy atom. The lowest BCUT2D eigenvalue weighted by molar-refractivity contribution is -0.113. The van der Waals surface area contributed by atoms with Crippen LogP contribution < -0.4 is 10.1 Å². The van der Waals surface area contributed by atoms with Gasteiger partial charge in [-0.05, 0) is 42.5 Å². The van der Waals surface area contributed by atoms with Crippen molar-refractivity contribution in [3.8, 4) is 17.1 Å². The van der Waals surface area contributed by atoms with Gasteiger partial charge in [0, 0.05) is 17.1 Å². The average Bonchev–Trinajstić information content (AvgIpc) is 3.03. The van der Waals surface area contributed by atoms with Gasteiger partial charge >= 0.3 is 0 Å². The van der Waals surface area contributed by atoms with Crippen molar-refractivity contribution in [1.29, 1.82) is 0 Å². The number of amides is 1. The Morgan fingerprint density at radius 3 is 2.67 bits per heavy atom. The summed E-state index contributed by atoms with van der Waals surface area (Å²) in [6, 6.07) is 11.9. The Bertz CT molecular complexity index is 962. The molecule has 6 nitrogen and oxygen atoms in total. The van der Waals surface area contributed by atoms with Crippen LogP contribution in [0.3, 0.4) is 0 Å². The number of carbonyl (C=O) groups is 1. The van der Waals surface area contributed by atoms with Gasteiger partial charge < -0.3 is 14.6 Å². The van der Waals surface area contributed by atoms with Crippen LogP contribution in [0, 0.1) is 5.82 Å². The van der Waals surface area contributed by atoms with Crippen molar-refractivity contribution in [2.75, 3.05) is 18.2 Å². The van der Waals surface area contributed by atoms with Crippen molar-refractivity contribution in [2.45, 2.75) is 5.16 Å². The normalized spacial score (nSPS) is 10.7. The predicted octanol–water partition coefficient (Wildman–Crippen LogP) is 4.12. The molecule has 0 aliphatic carbocycles. The molecule has 1 aromatic heterocycles. The number of nitrogens with zero attached hydrogens (tertiary/aromatic N) is 3. The first-order valence-corrected chi connectivity index (χ1v) is 9.67. The van der Waals surface area contributed by atoms with Gasteiger partial charge in [0.2, 0.25) is 5.91 Å². The summed E-state index contributed by atoms with van der Waals surface area (Å²) in [6.07, 6.45) is 0. The molecule has 3 rings (SSSR count). The zero-order valence-corrected chi connectivity index (χ0v) is 17.0. The Kier molecular flexibility index (Phi) is 6.12. The second-order valence-corrected chi connectivity index (χ2v) is 7.41. The highest BCUT2D eigenvalue weighted by Gasteiger charge is 2.14. The molecule has 0 atom stereocenters. The van der Waals surface area contributed by atoms with E-state index in [-0.39, 0.29) is 17.3 Å². The van der Waals surface area contributed by atoms with Crippen LogP contribution in [0.15, 0.2) is 52.1 Å². The number of carbonyl (C=O) groups excluding carboxylic acids is 1.